The summed E-state index contributed by atoms with van der Waals surface area (Å²) < 4.78 is 6.20. The van der Waals surface area contributed by atoms with Crippen LogP contribution >= 0.6 is 0 Å². The van der Waals surface area contributed by atoms with E-state index in [4.69, 9.17) is 4.42 Å². The maximum atomic E-state index is 12.5. The van der Waals surface area contributed by atoms with Crippen molar-refractivity contribution in [1.82, 2.24) is 0 Å². The average molecular weight is 304 g/mol. The van der Waals surface area contributed by atoms with E-state index in [1.165, 1.54) is 10.9 Å². The van der Waals surface area contributed by atoms with Gasteiger partial charge < -0.3 is 4.42 Å². The molecule has 1 aliphatic rings. The molecule has 0 spiro atoms. The summed E-state index contributed by atoms with van der Waals surface area (Å²) >= 11 is 0. The van der Waals surface area contributed by atoms with Gasteiger partial charge in [0.2, 0.25) is 0 Å². The quantitative estimate of drug-likeness (QED) is 0.595. The zero-order chi connectivity index (χ0) is 16.0. The van der Waals surface area contributed by atoms with Crippen LogP contribution in [0.3, 0.4) is 0 Å². The van der Waals surface area contributed by atoms with Crippen LogP contribution in [0, 0.1) is 6.92 Å². The number of fused-ring (bicyclic) bond motifs is 5. The molecule has 0 radical (unpaired) electrons. The monoisotopic (exact) mass is 304 g/mol. The number of carbonyl (C=O) groups excluding carboxylic acids is 1. The third-order valence-electron chi connectivity index (χ3n) is 4.84. The lowest BCUT2D eigenvalue weighted by atomic mass is 9.89. The lowest BCUT2D eigenvalue weighted by Crippen LogP contribution is -2.08. The number of rotatable bonds is 2. The van der Waals surface area contributed by atoms with Crippen molar-refractivity contribution in [3.05, 3.63) is 52.8 Å². The highest BCUT2D eigenvalue weighted by Gasteiger charge is 2.27. The smallest absolute Gasteiger partial charge is 0.167 e. The zero-order valence-electron chi connectivity index (χ0n) is 13.6. The van der Waals surface area contributed by atoms with Gasteiger partial charge in [-0.3, -0.25) is 4.79 Å². The molecule has 1 aromatic heterocycles. The molecule has 116 valence electrons. The predicted octanol–water partition coefficient (Wildman–Crippen LogP) is 5.84. The molecule has 1 aliphatic carbocycles. The average Bonchev–Trinajstić information content (AvgIpc) is 2.96. The molecular weight excluding hydrogens is 284 g/mol. The number of hydrogen-bond acceptors (Lipinski definition) is 2. The van der Waals surface area contributed by atoms with Crippen LogP contribution in [0.1, 0.15) is 53.4 Å². The summed E-state index contributed by atoms with van der Waals surface area (Å²) in [6, 6.07) is 8.32. The number of Topliss-reactive ketones (excluding diaryl/α,β-unsaturated/α-hetero) is 1. The molecule has 0 saturated heterocycles. The van der Waals surface area contributed by atoms with Gasteiger partial charge in [0.05, 0.1) is 5.56 Å². The Balaban J connectivity index is 2.22. The van der Waals surface area contributed by atoms with Crippen LogP contribution in [0.5, 0.6) is 0 Å². The Morgan fingerprint density at radius 1 is 1.17 bits per heavy atom. The van der Waals surface area contributed by atoms with Crippen LogP contribution in [0.4, 0.5) is 0 Å². The van der Waals surface area contributed by atoms with Gasteiger partial charge in [0.1, 0.15) is 11.3 Å². The lowest BCUT2D eigenvalue weighted by Gasteiger charge is -2.11. The summed E-state index contributed by atoms with van der Waals surface area (Å²) in [6.45, 7) is 4.27. The van der Waals surface area contributed by atoms with E-state index in [2.05, 4.69) is 44.2 Å². The maximum Gasteiger partial charge on any atom is 0.167 e. The fourth-order valence-corrected chi connectivity index (χ4v) is 3.72. The first kappa shape index (κ1) is 14.3. The minimum atomic E-state index is 0.228. The number of aryl methyl sites for hydroxylation is 2. The Kier molecular flexibility index (Phi) is 3.33. The number of carbonyl (C=O) groups is 1. The first-order valence-corrected chi connectivity index (χ1v) is 8.38. The van der Waals surface area contributed by atoms with E-state index in [9.17, 15) is 4.79 Å². The van der Waals surface area contributed by atoms with Crippen molar-refractivity contribution in [3.8, 4) is 0 Å². The van der Waals surface area contributed by atoms with Crippen LogP contribution in [0.25, 0.3) is 27.8 Å². The Morgan fingerprint density at radius 2 is 1.96 bits per heavy atom. The van der Waals surface area contributed by atoms with Gasteiger partial charge in [0.25, 0.3) is 0 Å². The SMILES string of the molecule is CC/C=C\c1c(C)c2ccccc2c2oc3c(c12)C(=O)CCC3. The number of ketones is 1. The van der Waals surface area contributed by atoms with Crippen molar-refractivity contribution < 1.29 is 9.21 Å². The van der Waals surface area contributed by atoms with E-state index < -0.39 is 0 Å². The van der Waals surface area contributed by atoms with E-state index in [1.807, 2.05) is 6.07 Å². The van der Waals surface area contributed by atoms with E-state index in [-0.39, 0.29) is 5.78 Å². The molecule has 0 unspecified atom stereocenters. The third-order valence-corrected chi connectivity index (χ3v) is 4.84. The van der Waals surface area contributed by atoms with Crippen molar-refractivity contribution in [2.45, 2.75) is 39.5 Å². The Hall–Kier alpha value is -2.35. The largest absolute Gasteiger partial charge is 0.460 e. The molecule has 4 rings (SSSR count). The fraction of sp³-hybridized carbons (Fsp3) is 0.286. The van der Waals surface area contributed by atoms with Crippen LogP contribution in [0.2, 0.25) is 0 Å². The predicted molar refractivity (Wildman–Crippen MR) is 95.1 cm³/mol. The molecule has 0 fully saturated rings. The van der Waals surface area contributed by atoms with Crippen LogP contribution in [-0.2, 0) is 6.42 Å². The van der Waals surface area contributed by atoms with Gasteiger partial charge in [0, 0.05) is 23.6 Å². The molecule has 0 atom stereocenters. The third kappa shape index (κ3) is 2.05. The molecule has 3 aromatic rings. The molecule has 1 heterocycles. The number of benzene rings is 2. The molecule has 0 amide bonds. The van der Waals surface area contributed by atoms with Crippen LogP contribution in [0.15, 0.2) is 34.8 Å². The summed E-state index contributed by atoms with van der Waals surface area (Å²) in [7, 11) is 0. The van der Waals surface area contributed by atoms with Crippen molar-refractivity contribution in [2.75, 3.05) is 0 Å². The summed E-state index contributed by atoms with van der Waals surface area (Å²) in [5.74, 6) is 1.10. The van der Waals surface area contributed by atoms with Crippen molar-refractivity contribution in [3.63, 3.8) is 0 Å². The van der Waals surface area contributed by atoms with Crippen molar-refractivity contribution in [1.29, 1.82) is 0 Å². The molecule has 0 aliphatic heterocycles. The van der Waals surface area contributed by atoms with Gasteiger partial charge in [-0.1, -0.05) is 43.3 Å². The van der Waals surface area contributed by atoms with Gasteiger partial charge in [-0.05, 0) is 36.3 Å². The van der Waals surface area contributed by atoms with Crippen LogP contribution in [-0.4, -0.2) is 5.78 Å². The Labute approximate surface area is 135 Å². The summed E-state index contributed by atoms with van der Waals surface area (Å²) in [4.78, 5) is 12.5. The van der Waals surface area contributed by atoms with Gasteiger partial charge in [0.15, 0.2) is 5.78 Å². The van der Waals surface area contributed by atoms with Gasteiger partial charge in [-0.2, -0.15) is 0 Å². The molecular formula is C21H20O2. The van der Waals surface area contributed by atoms with Gasteiger partial charge in [-0.25, -0.2) is 0 Å². The standard InChI is InChI=1S/C21H20O2/c1-3-4-8-15-13(2)14-9-5-6-10-16(14)21-19(15)20-17(22)11-7-12-18(20)23-21/h4-6,8-10H,3,7,11-12H2,1-2H3/b8-4-. The summed E-state index contributed by atoms with van der Waals surface area (Å²) in [5.41, 5.74) is 4.07. The second-order valence-electron chi connectivity index (χ2n) is 6.28. The lowest BCUT2D eigenvalue weighted by molar-refractivity contribution is 0.0971. The molecule has 2 heteroatoms. The minimum Gasteiger partial charge on any atom is -0.460 e. The van der Waals surface area contributed by atoms with Crippen molar-refractivity contribution >= 4 is 33.6 Å². The highest BCUT2D eigenvalue weighted by atomic mass is 16.3. The zero-order valence-corrected chi connectivity index (χ0v) is 13.6. The van der Waals surface area contributed by atoms with E-state index >= 15 is 0 Å². The van der Waals surface area contributed by atoms with E-state index in [1.54, 1.807) is 0 Å². The highest BCUT2D eigenvalue weighted by molar-refractivity contribution is 6.19. The van der Waals surface area contributed by atoms with Gasteiger partial charge in [-0.15, -0.1) is 0 Å². The number of hydrogen-bond donors (Lipinski definition) is 0. The van der Waals surface area contributed by atoms with E-state index in [0.717, 1.165) is 52.5 Å². The van der Waals surface area contributed by atoms with Gasteiger partial charge >= 0.3 is 0 Å². The molecule has 23 heavy (non-hydrogen) atoms. The normalized spacial score (nSPS) is 15.0. The first-order chi connectivity index (χ1) is 11.2. The Morgan fingerprint density at radius 3 is 2.74 bits per heavy atom. The molecule has 2 nitrogen and oxygen atoms in total. The molecule has 2 aromatic carbocycles. The molecule has 0 N–H and O–H groups in total. The van der Waals surface area contributed by atoms with Crippen LogP contribution < -0.4 is 0 Å². The number of allylic oxidation sites excluding steroid dienone is 1. The molecule has 0 bridgehead atoms. The second-order valence-corrected chi connectivity index (χ2v) is 6.28. The minimum absolute atomic E-state index is 0.228. The summed E-state index contributed by atoms with van der Waals surface area (Å²) in [5, 5.41) is 3.33. The van der Waals surface area contributed by atoms with Crippen molar-refractivity contribution in [2.24, 2.45) is 0 Å². The second kappa shape index (κ2) is 5.38. The summed E-state index contributed by atoms with van der Waals surface area (Å²) in [6.07, 6.45) is 7.67. The van der Waals surface area contributed by atoms with E-state index in [0.29, 0.717) is 6.42 Å². The number of furan rings is 1. The molecule has 0 saturated carbocycles. The maximum absolute atomic E-state index is 12.5. The fourth-order valence-electron chi connectivity index (χ4n) is 3.72. The topological polar surface area (TPSA) is 30.2 Å². The first-order valence-electron chi connectivity index (χ1n) is 8.38. The highest BCUT2D eigenvalue weighted by Crippen LogP contribution is 2.40. The Bertz CT molecular complexity index is 957.